The maximum Gasteiger partial charge on any atom is 0.319 e. The number of nitrogens with zero attached hydrogens (tertiary/aromatic N) is 4. The molecule has 2 bridgehead atoms. The quantitative estimate of drug-likeness (QED) is 0.274. The van der Waals surface area contributed by atoms with Crippen molar-refractivity contribution in [1.29, 1.82) is 5.41 Å². The number of anilines is 1. The third kappa shape index (κ3) is 5.03. The molecule has 10 heteroatoms. The molecule has 7 rings (SSSR count). The van der Waals surface area contributed by atoms with Crippen LogP contribution >= 0.6 is 11.6 Å². The minimum absolute atomic E-state index is 0.0391. The molecule has 0 radical (unpaired) electrons. The van der Waals surface area contributed by atoms with Gasteiger partial charge in [-0.3, -0.25) is 0 Å². The van der Waals surface area contributed by atoms with Crippen LogP contribution in [0.5, 0.6) is 11.8 Å². The van der Waals surface area contributed by atoms with Gasteiger partial charge in [0.05, 0.1) is 12.5 Å². The molecular formula is C32H34ClFN6O2. The molecule has 0 spiro atoms. The first kappa shape index (κ1) is 27.3. The number of fused-ring (bicyclic) bond motifs is 4. The van der Waals surface area contributed by atoms with Gasteiger partial charge < -0.3 is 30.4 Å². The van der Waals surface area contributed by atoms with E-state index in [9.17, 15) is 5.11 Å². The molecule has 1 aromatic heterocycles. The summed E-state index contributed by atoms with van der Waals surface area (Å²) in [6.07, 6.45) is 7.02. The molecule has 8 nitrogen and oxygen atoms in total. The van der Waals surface area contributed by atoms with Crippen molar-refractivity contribution in [1.82, 2.24) is 20.2 Å². The fourth-order valence-electron chi connectivity index (χ4n) is 6.68. The van der Waals surface area contributed by atoms with Crippen molar-refractivity contribution in [2.75, 3.05) is 44.2 Å². The van der Waals surface area contributed by atoms with E-state index >= 15 is 4.39 Å². The molecule has 218 valence electrons. The molecule has 3 aliphatic heterocycles. The lowest BCUT2D eigenvalue weighted by molar-refractivity contribution is 0.163. The summed E-state index contributed by atoms with van der Waals surface area (Å²) in [6, 6.07) is 11.6. The molecular weight excluding hydrogens is 555 g/mol. The van der Waals surface area contributed by atoms with Crippen LogP contribution in [0.2, 0.25) is 0 Å². The summed E-state index contributed by atoms with van der Waals surface area (Å²) in [4.78, 5) is 14.0. The number of allylic oxidation sites excluding steroid dienone is 2. The number of nitrogens with one attached hydrogen (secondary N) is 2. The van der Waals surface area contributed by atoms with E-state index in [2.05, 4.69) is 20.1 Å². The number of hydrogen-bond acceptors (Lipinski definition) is 8. The summed E-state index contributed by atoms with van der Waals surface area (Å²) in [5.41, 5.74) is 0.970. The van der Waals surface area contributed by atoms with E-state index in [1.165, 1.54) is 6.42 Å². The molecule has 3 fully saturated rings. The Balaban J connectivity index is 1.37. The lowest BCUT2D eigenvalue weighted by Gasteiger charge is -2.34. The normalized spacial score (nSPS) is 23.8. The highest BCUT2D eigenvalue weighted by Gasteiger charge is 2.35. The number of benzene rings is 2. The number of hydrogen-bond donors (Lipinski definition) is 3. The number of piperazine rings is 1. The van der Waals surface area contributed by atoms with Gasteiger partial charge in [-0.15, -0.1) is 0 Å². The molecule has 3 N–H and O–H groups in total. The first-order chi connectivity index (χ1) is 20.5. The highest BCUT2D eigenvalue weighted by atomic mass is 35.5. The second kappa shape index (κ2) is 11.3. The van der Waals surface area contributed by atoms with Gasteiger partial charge in [0, 0.05) is 48.2 Å². The molecule has 2 aromatic carbocycles. The predicted molar refractivity (Wildman–Crippen MR) is 164 cm³/mol. The van der Waals surface area contributed by atoms with E-state index in [0.29, 0.717) is 40.9 Å². The van der Waals surface area contributed by atoms with Crippen LogP contribution in [0.15, 0.2) is 41.4 Å². The fraction of sp³-hybridized carbons (Fsp3) is 0.406. The zero-order chi connectivity index (χ0) is 28.8. The van der Waals surface area contributed by atoms with Crippen LogP contribution in [-0.2, 0) is 0 Å². The summed E-state index contributed by atoms with van der Waals surface area (Å²) in [7, 11) is 0. The van der Waals surface area contributed by atoms with Crippen LogP contribution < -0.4 is 25.5 Å². The molecule has 0 saturated carbocycles. The Morgan fingerprint density at radius 1 is 1.14 bits per heavy atom. The lowest BCUT2D eigenvalue weighted by Crippen LogP contribution is -2.53. The van der Waals surface area contributed by atoms with E-state index in [4.69, 9.17) is 26.7 Å². The van der Waals surface area contributed by atoms with Gasteiger partial charge in [-0.05, 0) is 78.9 Å². The van der Waals surface area contributed by atoms with Gasteiger partial charge in [-0.1, -0.05) is 35.9 Å². The molecule has 4 aliphatic rings. The molecule has 1 aliphatic carbocycles. The summed E-state index contributed by atoms with van der Waals surface area (Å²) >= 11 is 7.05. The van der Waals surface area contributed by atoms with Crippen LogP contribution in [0.3, 0.4) is 0 Å². The smallest absolute Gasteiger partial charge is 0.319 e. The van der Waals surface area contributed by atoms with E-state index in [1.807, 2.05) is 24.3 Å². The molecule has 3 aromatic rings. The van der Waals surface area contributed by atoms with Gasteiger partial charge in [0.15, 0.2) is 0 Å². The zero-order valence-electron chi connectivity index (χ0n) is 23.3. The summed E-state index contributed by atoms with van der Waals surface area (Å²) < 4.78 is 22.8. The van der Waals surface area contributed by atoms with E-state index < -0.39 is 11.7 Å². The Morgan fingerprint density at radius 3 is 2.67 bits per heavy atom. The monoisotopic (exact) mass is 588 g/mol. The number of rotatable bonds is 8. The number of ether oxygens (including phenoxy) is 1. The van der Waals surface area contributed by atoms with Crippen molar-refractivity contribution < 1.29 is 14.2 Å². The number of likely N-dealkylation sites (tertiary alicyclic amines) is 1. The third-order valence-electron chi connectivity index (χ3n) is 8.86. The number of phenolic OH excluding ortho intramolecular Hbond substituents is 1. The Morgan fingerprint density at radius 2 is 1.93 bits per heavy atom. The van der Waals surface area contributed by atoms with Crippen LogP contribution in [0.4, 0.5) is 10.2 Å². The Bertz CT molecular complexity index is 1700. The van der Waals surface area contributed by atoms with Crippen molar-refractivity contribution in [3.8, 4) is 11.8 Å². The predicted octanol–water partition coefficient (Wildman–Crippen LogP) is 3.54. The van der Waals surface area contributed by atoms with Gasteiger partial charge in [0.25, 0.3) is 0 Å². The Labute approximate surface area is 248 Å². The molecule has 3 saturated heterocycles. The molecule has 4 heterocycles. The zero-order valence-corrected chi connectivity index (χ0v) is 24.1. The molecule has 3 unspecified atom stereocenters. The van der Waals surface area contributed by atoms with Crippen LogP contribution in [0.25, 0.3) is 28.2 Å². The van der Waals surface area contributed by atoms with Gasteiger partial charge in [-0.2, -0.15) is 9.97 Å². The van der Waals surface area contributed by atoms with Gasteiger partial charge >= 0.3 is 6.01 Å². The summed E-state index contributed by atoms with van der Waals surface area (Å²) in [5.74, 6) is -1.07. The van der Waals surface area contributed by atoms with Gasteiger partial charge in [0.1, 0.15) is 22.7 Å². The number of phenols is 1. The second-order valence-electron chi connectivity index (χ2n) is 11.6. The average Bonchev–Trinajstić information content (AvgIpc) is 3.25. The molecule has 0 amide bonds. The third-order valence-corrected chi connectivity index (χ3v) is 9.17. The highest BCUT2D eigenvalue weighted by Crippen LogP contribution is 2.40. The van der Waals surface area contributed by atoms with Crippen LogP contribution in [0, 0.1) is 11.3 Å². The summed E-state index contributed by atoms with van der Waals surface area (Å²) in [5, 5.41) is 25.0. The largest absolute Gasteiger partial charge is 0.508 e. The van der Waals surface area contributed by atoms with E-state index in [-0.39, 0.29) is 22.1 Å². The summed E-state index contributed by atoms with van der Waals surface area (Å²) in [6.45, 7) is 5.10. The number of aromatic nitrogens is 2. The highest BCUT2D eigenvalue weighted by molar-refractivity contribution is 6.38. The minimum Gasteiger partial charge on any atom is -0.508 e. The Kier molecular flexibility index (Phi) is 7.34. The van der Waals surface area contributed by atoms with Crippen molar-refractivity contribution in [3.63, 3.8) is 0 Å². The standard InChI is InChI=1S/C32H34ClFN6O2/c33-27-15-25-30(29(34)26(16-35)28(27)24-14-22(41)13-19-5-1-2-6-23(19)24)37-32(42-12-4-11-39-9-3-10-39)38-31(25)40-17-20-7-8-21(18-40)36-20/h1-2,5-6,13-16,20-21,26,35-36,41H,3-4,7-12,17-18H2. The van der Waals surface area contributed by atoms with E-state index in [1.54, 1.807) is 18.2 Å². The van der Waals surface area contributed by atoms with Crippen LogP contribution in [0.1, 0.15) is 31.2 Å². The minimum atomic E-state index is -1.11. The maximum atomic E-state index is 16.8. The van der Waals surface area contributed by atoms with Crippen molar-refractivity contribution in [2.24, 2.45) is 5.92 Å². The average molecular weight is 589 g/mol. The number of aromatic hydroxyl groups is 1. The maximum absolute atomic E-state index is 16.8. The van der Waals surface area contributed by atoms with Crippen molar-refractivity contribution in [3.05, 3.63) is 57.6 Å². The SMILES string of the molecule is N=CC1C(c2cc(O)cc3ccccc23)=C(Cl)C=c2c(N3CC4CCC(C3)N4)nc(OCCCN3CCC3)nc2=C1F. The molecule has 3 atom stereocenters. The van der Waals surface area contributed by atoms with Gasteiger partial charge in [0.2, 0.25) is 0 Å². The van der Waals surface area contributed by atoms with Crippen LogP contribution in [-0.4, -0.2) is 77.6 Å². The fourth-order valence-corrected chi connectivity index (χ4v) is 7.01. The van der Waals surface area contributed by atoms with Crippen molar-refractivity contribution >= 4 is 51.9 Å². The second-order valence-corrected chi connectivity index (χ2v) is 12.1. The van der Waals surface area contributed by atoms with E-state index in [0.717, 1.165) is 69.0 Å². The number of halogens is 2. The van der Waals surface area contributed by atoms with Gasteiger partial charge in [-0.25, -0.2) is 4.39 Å². The topological polar surface area (TPSA) is 97.6 Å². The molecule has 42 heavy (non-hydrogen) atoms. The lowest BCUT2D eigenvalue weighted by atomic mass is 9.88. The van der Waals surface area contributed by atoms with Crippen molar-refractivity contribution in [2.45, 2.75) is 37.8 Å². The Hall–Kier alpha value is -3.53. The first-order valence-corrected chi connectivity index (χ1v) is 15.1. The first-order valence-electron chi connectivity index (χ1n) is 14.8.